The van der Waals surface area contributed by atoms with Crippen LogP contribution in [0.1, 0.15) is 72.6 Å². The fraction of sp³-hybridized carbons (Fsp3) is 0.650. The molecule has 28 heavy (non-hydrogen) atoms. The van der Waals surface area contributed by atoms with Crippen molar-refractivity contribution in [1.29, 1.82) is 0 Å². The average Bonchev–Trinajstić information content (AvgIpc) is 2.95. The summed E-state index contributed by atoms with van der Waals surface area (Å²) in [5.74, 6) is -1.22. The van der Waals surface area contributed by atoms with E-state index in [1.165, 1.54) is 11.3 Å². The minimum absolute atomic E-state index is 0.169. The standard InChI is InChI=1S/C20H30N2O5S/c1-6-26-19(24)16-14(5)17(20(25)27-7-2)28-18(16)21-15(23)11-22-12(3)9-8-10-13(22)4/h12-13H,6-11H2,1-5H3,(H,21,23)/p+1/t12-,13-/m0/s1. The third-order valence-electron chi connectivity index (χ3n) is 5.25. The van der Waals surface area contributed by atoms with Crippen molar-refractivity contribution in [2.75, 3.05) is 25.1 Å². The van der Waals surface area contributed by atoms with Gasteiger partial charge in [-0.2, -0.15) is 0 Å². The topological polar surface area (TPSA) is 86.1 Å². The number of piperidine rings is 1. The molecule has 156 valence electrons. The highest BCUT2D eigenvalue weighted by molar-refractivity contribution is 7.18. The summed E-state index contributed by atoms with van der Waals surface area (Å²) in [6.07, 6.45) is 3.39. The first kappa shape index (κ1) is 22.4. The zero-order valence-corrected chi connectivity index (χ0v) is 18.2. The summed E-state index contributed by atoms with van der Waals surface area (Å²) in [4.78, 5) is 38.9. The van der Waals surface area contributed by atoms with E-state index in [0.717, 1.165) is 24.2 Å². The number of anilines is 1. The number of ether oxygens (including phenoxy) is 2. The van der Waals surface area contributed by atoms with Gasteiger partial charge in [-0.3, -0.25) is 4.79 Å². The van der Waals surface area contributed by atoms with Crippen molar-refractivity contribution in [2.24, 2.45) is 0 Å². The summed E-state index contributed by atoms with van der Waals surface area (Å²) in [5.41, 5.74) is 0.710. The smallest absolute Gasteiger partial charge is 0.348 e. The minimum atomic E-state index is -0.547. The maximum atomic E-state index is 12.7. The van der Waals surface area contributed by atoms with Crippen LogP contribution in [0.15, 0.2) is 0 Å². The molecule has 1 aromatic rings. The number of hydrogen-bond donors (Lipinski definition) is 2. The lowest BCUT2D eigenvalue weighted by atomic mass is 9.97. The number of thiophene rings is 1. The third kappa shape index (κ3) is 5.11. The first-order chi connectivity index (χ1) is 13.3. The van der Waals surface area contributed by atoms with Crippen molar-refractivity contribution in [3.8, 4) is 0 Å². The van der Waals surface area contributed by atoms with Crippen LogP contribution in [0.25, 0.3) is 0 Å². The van der Waals surface area contributed by atoms with Gasteiger partial charge in [0.25, 0.3) is 5.91 Å². The van der Waals surface area contributed by atoms with Gasteiger partial charge >= 0.3 is 11.9 Å². The van der Waals surface area contributed by atoms with Crippen LogP contribution in [-0.4, -0.2) is 49.7 Å². The molecule has 1 amide bonds. The van der Waals surface area contributed by atoms with Crippen LogP contribution in [0, 0.1) is 6.92 Å². The number of nitrogens with one attached hydrogen (secondary N) is 2. The van der Waals surface area contributed by atoms with Gasteiger partial charge in [-0.25, -0.2) is 9.59 Å². The lowest BCUT2D eigenvalue weighted by Crippen LogP contribution is -3.20. The summed E-state index contributed by atoms with van der Waals surface area (Å²) < 4.78 is 10.2. The lowest BCUT2D eigenvalue weighted by Gasteiger charge is -2.35. The molecule has 8 heteroatoms. The zero-order valence-electron chi connectivity index (χ0n) is 17.3. The Kier molecular flexibility index (Phi) is 8.00. The number of rotatable bonds is 7. The van der Waals surface area contributed by atoms with Gasteiger partial charge < -0.3 is 19.7 Å². The van der Waals surface area contributed by atoms with Crippen LogP contribution < -0.4 is 10.2 Å². The van der Waals surface area contributed by atoms with E-state index in [2.05, 4.69) is 19.2 Å². The first-order valence-corrected chi connectivity index (χ1v) is 10.7. The molecule has 2 atom stereocenters. The molecule has 1 aliphatic rings. The van der Waals surface area contributed by atoms with Crippen LogP contribution in [0.4, 0.5) is 5.00 Å². The van der Waals surface area contributed by atoms with Crippen LogP contribution in [-0.2, 0) is 14.3 Å². The number of quaternary nitrogens is 1. The van der Waals surface area contributed by atoms with Crippen LogP contribution >= 0.6 is 11.3 Å². The molecule has 0 saturated carbocycles. The fourth-order valence-electron chi connectivity index (χ4n) is 3.73. The van der Waals surface area contributed by atoms with E-state index in [4.69, 9.17) is 9.47 Å². The number of likely N-dealkylation sites (tertiary alicyclic amines) is 1. The Hall–Kier alpha value is -1.93. The van der Waals surface area contributed by atoms with Gasteiger partial charge in [-0.15, -0.1) is 11.3 Å². The number of amides is 1. The summed E-state index contributed by atoms with van der Waals surface area (Å²) >= 11 is 1.06. The Bertz CT molecular complexity index is 720. The van der Waals surface area contributed by atoms with E-state index in [-0.39, 0.29) is 24.7 Å². The quantitative estimate of drug-likeness (QED) is 0.672. The van der Waals surface area contributed by atoms with E-state index in [9.17, 15) is 14.4 Å². The van der Waals surface area contributed by atoms with Crippen LogP contribution in [0.5, 0.6) is 0 Å². The Morgan fingerprint density at radius 2 is 1.64 bits per heavy atom. The molecule has 0 aromatic carbocycles. The van der Waals surface area contributed by atoms with Gasteiger partial charge in [-0.1, -0.05) is 0 Å². The lowest BCUT2D eigenvalue weighted by molar-refractivity contribution is -0.943. The van der Waals surface area contributed by atoms with Gasteiger partial charge in [0, 0.05) is 0 Å². The predicted molar refractivity (Wildman–Crippen MR) is 108 cm³/mol. The van der Waals surface area contributed by atoms with Gasteiger partial charge in [0.2, 0.25) is 0 Å². The van der Waals surface area contributed by atoms with E-state index in [0.29, 0.717) is 34.1 Å². The van der Waals surface area contributed by atoms with Gasteiger partial charge in [0.1, 0.15) is 9.88 Å². The van der Waals surface area contributed by atoms with Crippen molar-refractivity contribution >= 4 is 34.2 Å². The van der Waals surface area contributed by atoms with E-state index in [1.54, 1.807) is 20.8 Å². The van der Waals surface area contributed by atoms with E-state index < -0.39 is 11.9 Å². The Morgan fingerprint density at radius 3 is 2.21 bits per heavy atom. The maximum Gasteiger partial charge on any atom is 0.348 e. The molecule has 0 radical (unpaired) electrons. The SMILES string of the molecule is CCOC(=O)c1sc(NC(=O)C[NH+]2[C@@H](C)CCC[C@@H]2C)c(C(=O)OCC)c1C. The van der Waals surface area contributed by atoms with Crippen molar-refractivity contribution in [2.45, 2.75) is 66.0 Å². The molecule has 0 unspecified atom stereocenters. The predicted octanol–water partition coefficient (Wildman–Crippen LogP) is 2.19. The summed E-state index contributed by atoms with van der Waals surface area (Å²) in [7, 11) is 0. The fourth-order valence-corrected chi connectivity index (χ4v) is 4.84. The van der Waals surface area contributed by atoms with Crippen LogP contribution in [0.2, 0.25) is 0 Å². The number of esters is 2. The average molecular weight is 412 g/mol. The molecular formula is C20H31N2O5S+. The van der Waals surface area contributed by atoms with Crippen LogP contribution in [0.3, 0.4) is 0 Å². The molecule has 1 aromatic heterocycles. The first-order valence-electron chi connectivity index (χ1n) is 9.93. The van der Waals surface area contributed by atoms with Gasteiger partial charge in [-0.05, 0) is 59.4 Å². The summed E-state index contributed by atoms with van der Waals surface area (Å²) in [6.45, 7) is 10.2. The summed E-state index contributed by atoms with van der Waals surface area (Å²) in [6, 6.07) is 0.832. The molecule has 1 aliphatic heterocycles. The second-order valence-corrected chi connectivity index (χ2v) is 8.25. The van der Waals surface area contributed by atoms with E-state index in [1.807, 2.05) is 0 Å². The minimum Gasteiger partial charge on any atom is -0.462 e. The van der Waals surface area contributed by atoms with Gasteiger partial charge in [0.15, 0.2) is 6.54 Å². The Balaban J connectivity index is 2.24. The third-order valence-corrected chi connectivity index (χ3v) is 6.43. The number of carbonyl (C=O) groups excluding carboxylic acids is 3. The summed E-state index contributed by atoms with van der Waals surface area (Å²) in [5, 5.41) is 3.19. The Morgan fingerprint density at radius 1 is 1.07 bits per heavy atom. The molecule has 7 nitrogen and oxygen atoms in total. The molecule has 2 heterocycles. The monoisotopic (exact) mass is 411 g/mol. The Labute approximate surface area is 170 Å². The largest absolute Gasteiger partial charge is 0.462 e. The van der Waals surface area contributed by atoms with Gasteiger partial charge in [0.05, 0.1) is 30.9 Å². The van der Waals surface area contributed by atoms with E-state index >= 15 is 0 Å². The molecule has 1 saturated heterocycles. The molecule has 0 spiro atoms. The molecule has 0 aliphatic carbocycles. The van der Waals surface area contributed by atoms with Crippen molar-refractivity contribution in [1.82, 2.24) is 0 Å². The molecule has 0 bridgehead atoms. The maximum absolute atomic E-state index is 12.7. The highest BCUT2D eigenvalue weighted by Crippen LogP contribution is 2.34. The highest BCUT2D eigenvalue weighted by atomic mass is 32.1. The van der Waals surface area contributed by atoms with Crippen molar-refractivity contribution < 1.29 is 28.8 Å². The molecule has 2 N–H and O–H groups in total. The second-order valence-electron chi connectivity index (χ2n) is 7.23. The zero-order chi connectivity index (χ0) is 20.8. The van der Waals surface area contributed by atoms with Crippen molar-refractivity contribution in [3.63, 3.8) is 0 Å². The highest BCUT2D eigenvalue weighted by Gasteiger charge is 2.32. The molecule has 2 rings (SSSR count). The normalized spacial score (nSPS) is 19.9. The molecule has 1 fully saturated rings. The number of hydrogen-bond acceptors (Lipinski definition) is 6. The second kappa shape index (κ2) is 10.0. The number of carbonyl (C=O) groups is 3. The van der Waals surface area contributed by atoms with Crippen molar-refractivity contribution in [3.05, 3.63) is 16.0 Å². The molecular weight excluding hydrogens is 380 g/mol.